The third-order valence-electron chi connectivity index (χ3n) is 4.40. The number of carbonyl (C=O) groups is 1. The SMILES string of the molecule is COC(=O)N1[C@H](C)CN(c2ccc(C(C)(C)C)cc2)C[C@H]1C. The van der Waals surface area contributed by atoms with E-state index in [1.54, 1.807) is 0 Å². The zero-order valence-electron chi connectivity index (χ0n) is 14.6. The van der Waals surface area contributed by atoms with Crippen molar-refractivity contribution in [1.82, 2.24) is 4.90 Å². The average Bonchev–Trinajstić information content (AvgIpc) is 2.45. The lowest BCUT2D eigenvalue weighted by Crippen LogP contribution is -2.58. The number of hydrogen-bond donors (Lipinski definition) is 0. The number of hydrogen-bond acceptors (Lipinski definition) is 3. The van der Waals surface area contributed by atoms with Crippen LogP contribution in [-0.2, 0) is 10.2 Å². The van der Waals surface area contributed by atoms with Gasteiger partial charge in [-0.05, 0) is 37.0 Å². The summed E-state index contributed by atoms with van der Waals surface area (Å²) in [5.74, 6) is 0. The Bertz CT molecular complexity index is 507. The first-order valence-electron chi connectivity index (χ1n) is 7.96. The van der Waals surface area contributed by atoms with Crippen LogP contribution in [-0.4, -0.2) is 43.3 Å². The topological polar surface area (TPSA) is 32.8 Å². The molecule has 4 heteroatoms. The molecule has 0 bridgehead atoms. The second kappa shape index (κ2) is 6.19. The molecular formula is C18H28N2O2. The van der Waals surface area contributed by atoms with Crippen molar-refractivity contribution < 1.29 is 9.53 Å². The Labute approximate surface area is 134 Å². The van der Waals surface area contributed by atoms with E-state index in [0.717, 1.165) is 13.1 Å². The van der Waals surface area contributed by atoms with Gasteiger partial charge in [-0.2, -0.15) is 0 Å². The second-order valence-electron chi connectivity index (χ2n) is 7.28. The maximum atomic E-state index is 11.9. The van der Waals surface area contributed by atoms with Gasteiger partial charge < -0.3 is 9.64 Å². The van der Waals surface area contributed by atoms with Gasteiger partial charge in [-0.1, -0.05) is 32.9 Å². The Kier molecular flexibility index (Phi) is 4.69. The Balaban J connectivity index is 2.13. The Morgan fingerprint density at radius 1 is 1.09 bits per heavy atom. The van der Waals surface area contributed by atoms with Crippen LogP contribution in [0.3, 0.4) is 0 Å². The molecule has 0 spiro atoms. The highest BCUT2D eigenvalue weighted by atomic mass is 16.5. The first-order valence-corrected chi connectivity index (χ1v) is 7.96. The molecule has 1 aliphatic heterocycles. The number of piperazine rings is 1. The van der Waals surface area contributed by atoms with Crippen LogP contribution < -0.4 is 4.90 Å². The van der Waals surface area contributed by atoms with Crippen LogP contribution in [0.25, 0.3) is 0 Å². The third-order valence-corrected chi connectivity index (χ3v) is 4.40. The van der Waals surface area contributed by atoms with E-state index in [0.29, 0.717) is 0 Å². The molecule has 1 aromatic carbocycles. The van der Waals surface area contributed by atoms with Crippen molar-refractivity contribution in [2.75, 3.05) is 25.1 Å². The van der Waals surface area contributed by atoms with Gasteiger partial charge in [0.05, 0.1) is 19.2 Å². The number of nitrogens with zero attached hydrogens (tertiary/aromatic N) is 2. The summed E-state index contributed by atoms with van der Waals surface area (Å²) in [5, 5.41) is 0. The predicted octanol–water partition coefficient (Wildman–Crippen LogP) is 3.65. The van der Waals surface area contributed by atoms with E-state index in [1.165, 1.54) is 18.4 Å². The quantitative estimate of drug-likeness (QED) is 0.794. The van der Waals surface area contributed by atoms with Crippen molar-refractivity contribution in [3.63, 3.8) is 0 Å². The molecule has 1 fully saturated rings. The smallest absolute Gasteiger partial charge is 0.410 e. The van der Waals surface area contributed by atoms with Crippen LogP contribution >= 0.6 is 0 Å². The maximum absolute atomic E-state index is 11.9. The van der Waals surface area contributed by atoms with Crippen LogP contribution in [0.2, 0.25) is 0 Å². The van der Waals surface area contributed by atoms with Crippen molar-refractivity contribution in [3.05, 3.63) is 29.8 Å². The van der Waals surface area contributed by atoms with Gasteiger partial charge in [0.15, 0.2) is 0 Å². The normalized spacial score (nSPS) is 22.6. The Morgan fingerprint density at radius 3 is 2.00 bits per heavy atom. The molecule has 122 valence electrons. The first-order chi connectivity index (χ1) is 10.2. The van der Waals surface area contributed by atoms with E-state index in [9.17, 15) is 4.79 Å². The zero-order valence-corrected chi connectivity index (χ0v) is 14.6. The van der Waals surface area contributed by atoms with Gasteiger partial charge in [0.2, 0.25) is 0 Å². The van der Waals surface area contributed by atoms with Crippen molar-refractivity contribution in [3.8, 4) is 0 Å². The highest BCUT2D eigenvalue weighted by Crippen LogP contribution is 2.27. The average molecular weight is 304 g/mol. The van der Waals surface area contributed by atoms with Gasteiger partial charge in [0.1, 0.15) is 0 Å². The van der Waals surface area contributed by atoms with Crippen LogP contribution in [0.4, 0.5) is 10.5 Å². The number of carbonyl (C=O) groups excluding carboxylic acids is 1. The van der Waals surface area contributed by atoms with Crippen molar-refractivity contribution in [2.45, 2.75) is 52.1 Å². The molecule has 1 aliphatic rings. The molecule has 1 saturated heterocycles. The van der Waals surface area contributed by atoms with Gasteiger partial charge in [0, 0.05) is 18.8 Å². The fourth-order valence-electron chi connectivity index (χ4n) is 3.17. The number of amides is 1. The molecule has 0 aromatic heterocycles. The van der Waals surface area contributed by atoms with E-state index < -0.39 is 0 Å². The summed E-state index contributed by atoms with van der Waals surface area (Å²) in [7, 11) is 1.44. The summed E-state index contributed by atoms with van der Waals surface area (Å²) >= 11 is 0. The minimum absolute atomic E-state index is 0.137. The van der Waals surface area contributed by atoms with Gasteiger partial charge in [-0.3, -0.25) is 4.90 Å². The minimum Gasteiger partial charge on any atom is -0.453 e. The molecule has 1 heterocycles. The zero-order chi connectivity index (χ0) is 16.5. The van der Waals surface area contributed by atoms with E-state index in [2.05, 4.69) is 63.8 Å². The van der Waals surface area contributed by atoms with Crippen LogP contribution in [0.1, 0.15) is 40.2 Å². The molecular weight excluding hydrogens is 276 g/mol. The van der Waals surface area contributed by atoms with E-state index in [-0.39, 0.29) is 23.6 Å². The van der Waals surface area contributed by atoms with Gasteiger partial charge in [-0.25, -0.2) is 4.79 Å². The molecule has 2 atom stereocenters. The van der Waals surface area contributed by atoms with Crippen LogP contribution in [0.5, 0.6) is 0 Å². The fraction of sp³-hybridized carbons (Fsp3) is 0.611. The Morgan fingerprint density at radius 2 is 1.59 bits per heavy atom. The number of rotatable bonds is 1. The predicted molar refractivity (Wildman–Crippen MR) is 90.5 cm³/mol. The van der Waals surface area contributed by atoms with Crippen molar-refractivity contribution in [1.29, 1.82) is 0 Å². The second-order valence-corrected chi connectivity index (χ2v) is 7.28. The lowest BCUT2D eigenvalue weighted by molar-refractivity contribution is 0.0820. The molecule has 2 rings (SSSR count). The van der Waals surface area contributed by atoms with Crippen LogP contribution in [0, 0.1) is 0 Å². The molecule has 1 amide bonds. The summed E-state index contributed by atoms with van der Waals surface area (Å²) in [5.41, 5.74) is 2.73. The molecule has 4 nitrogen and oxygen atoms in total. The Hall–Kier alpha value is -1.71. The molecule has 1 aromatic rings. The summed E-state index contributed by atoms with van der Waals surface area (Å²) in [4.78, 5) is 16.1. The van der Waals surface area contributed by atoms with E-state index in [1.807, 2.05) is 4.90 Å². The largest absolute Gasteiger partial charge is 0.453 e. The molecule has 0 saturated carbocycles. The molecule has 0 N–H and O–H groups in total. The standard InChI is InChI=1S/C18H28N2O2/c1-13-11-19(12-14(2)20(13)17(21)22-6)16-9-7-15(8-10-16)18(3,4)5/h7-10,13-14H,11-12H2,1-6H3/t13-,14-/m1/s1. The number of benzene rings is 1. The molecule has 0 aliphatic carbocycles. The number of anilines is 1. The van der Waals surface area contributed by atoms with Crippen LogP contribution in [0.15, 0.2) is 24.3 Å². The lowest BCUT2D eigenvalue weighted by Gasteiger charge is -2.44. The fourth-order valence-corrected chi connectivity index (χ4v) is 3.17. The minimum atomic E-state index is -0.234. The first kappa shape index (κ1) is 16.7. The maximum Gasteiger partial charge on any atom is 0.410 e. The van der Waals surface area contributed by atoms with Gasteiger partial charge in [0.25, 0.3) is 0 Å². The highest BCUT2D eigenvalue weighted by molar-refractivity contribution is 5.69. The van der Waals surface area contributed by atoms with Gasteiger partial charge in [-0.15, -0.1) is 0 Å². The number of methoxy groups -OCH3 is 1. The van der Waals surface area contributed by atoms with E-state index >= 15 is 0 Å². The monoisotopic (exact) mass is 304 g/mol. The highest BCUT2D eigenvalue weighted by Gasteiger charge is 2.33. The summed E-state index contributed by atoms with van der Waals surface area (Å²) in [6.07, 6.45) is -0.234. The lowest BCUT2D eigenvalue weighted by atomic mass is 9.87. The van der Waals surface area contributed by atoms with Crippen molar-refractivity contribution in [2.24, 2.45) is 0 Å². The summed E-state index contributed by atoms with van der Waals surface area (Å²) < 4.78 is 4.89. The molecule has 22 heavy (non-hydrogen) atoms. The van der Waals surface area contributed by atoms with Gasteiger partial charge >= 0.3 is 6.09 Å². The van der Waals surface area contributed by atoms with Crippen molar-refractivity contribution >= 4 is 11.8 Å². The molecule has 0 radical (unpaired) electrons. The third kappa shape index (κ3) is 3.37. The summed E-state index contributed by atoms with van der Waals surface area (Å²) in [6.45, 7) is 12.5. The molecule has 0 unspecified atom stereocenters. The van der Waals surface area contributed by atoms with E-state index in [4.69, 9.17) is 4.74 Å². The summed E-state index contributed by atoms with van der Waals surface area (Å²) in [6, 6.07) is 9.06. The number of ether oxygens (including phenoxy) is 1.